The van der Waals surface area contributed by atoms with Crippen LogP contribution in [0.4, 0.5) is 0 Å². The van der Waals surface area contributed by atoms with Crippen molar-refractivity contribution in [3.8, 4) is 0 Å². The first-order chi connectivity index (χ1) is 5.70. The molecule has 12 heavy (non-hydrogen) atoms. The minimum Gasteiger partial charge on any atom is -0.0840 e. The Bertz CT molecular complexity index is 184. The molecule has 0 aliphatic heterocycles. The van der Waals surface area contributed by atoms with Gasteiger partial charge in [0.05, 0.1) is 0 Å². The van der Waals surface area contributed by atoms with E-state index < -0.39 is 0 Å². The predicted molar refractivity (Wildman–Crippen MR) is 55.1 cm³/mol. The van der Waals surface area contributed by atoms with Gasteiger partial charge in [-0.25, -0.2) is 0 Å². The third kappa shape index (κ3) is 2.84. The second kappa shape index (κ2) is 4.49. The van der Waals surface area contributed by atoms with Crippen LogP contribution in [0.2, 0.25) is 0 Å². The van der Waals surface area contributed by atoms with Crippen molar-refractivity contribution in [2.24, 2.45) is 11.8 Å². The van der Waals surface area contributed by atoms with E-state index in [-0.39, 0.29) is 0 Å². The molecule has 0 spiro atoms. The minimum absolute atomic E-state index is 0.786. The van der Waals surface area contributed by atoms with Gasteiger partial charge in [0, 0.05) is 0 Å². The van der Waals surface area contributed by atoms with E-state index in [4.69, 9.17) is 0 Å². The molecule has 1 aliphatic rings. The molecule has 0 N–H and O–H groups in total. The first-order valence-corrected chi connectivity index (χ1v) is 5.05. The maximum atomic E-state index is 2.33. The monoisotopic (exact) mass is 164 g/mol. The van der Waals surface area contributed by atoms with Gasteiger partial charge >= 0.3 is 0 Å². The second-order valence-electron chi connectivity index (χ2n) is 4.24. The molecule has 0 heterocycles. The molecule has 0 aromatic rings. The van der Waals surface area contributed by atoms with E-state index in [1.807, 2.05) is 0 Å². The van der Waals surface area contributed by atoms with Crippen LogP contribution in [0.15, 0.2) is 23.8 Å². The first-order valence-electron chi connectivity index (χ1n) is 5.05. The molecule has 1 rings (SSSR count). The topological polar surface area (TPSA) is 0 Å². The maximum Gasteiger partial charge on any atom is -0.0194 e. The SMILES string of the molecule is CC(C)CCC1=CC=CCC1C. The van der Waals surface area contributed by atoms with E-state index in [9.17, 15) is 0 Å². The summed E-state index contributed by atoms with van der Waals surface area (Å²) in [6, 6.07) is 0. The highest BCUT2D eigenvalue weighted by atomic mass is 14.1. The Labute approximate surface area is 76.4 Å². The summed E-state index contributed by atoms with van der Waals surface area (Å²) < 4.78 is 0. The van der Waals surface area contributed by atoms with Gasteiger partial charge in [0.2, 0.25) is 0 Å². The van der Waals surface area contributed by atoms with Crippen molar-refractivity contribution in [1.82, 2.24) is 0 Å². The lowest BCUT2D eigenvalue weighted by molar-refractivity contribution is 0.547. The average Bonchev–Trinajstić information content (AvgIpc) is 2.03. The molecular formula is C12H20. The zero-order valence-corrected chi connectivity index (χ0v) is 8.51. The quantitative estimate of drug-likeness (QED) is 0.592. The third-order valence-electron chi connectivity index (χ3n) is 2.58. The van der Waals surface area contributed by atoms with Gasteiger partial charge in [-0.15, -0.1) is 0 Å². The van der Waals surface area contributed by atoms with Gasteiger partial charge in [0.25, 0.3) is 0 Å². The van der Waals surface area contributed by atoms with E-state index in [1.54, 1.807) is 5.57 Å². The van der Waals surface area contributed by atoms with Gasteiger partial charge in [-0.05, 0) is 31.1 Å². The zero-order chi connectivity index (χ0) is 8.97. The summed E-state index contributed by atoms with van der Waals surface area (Å²) in [4.78, 5) is 0. The summed E-state index contributed by atoms with van der Waals surface area (Å²) in [6.07, 6.45) is 10.6. The fourth-order valence-corrected chi connectivity index (χ4v) is 1.58. The van der Waals surface area contributed by atoms with Crippen molar-refractivity contribution < 1.29 is 0 Å². The van der Waals surface area contributed by atoms with Crippen LogP contribution in [0.5, 0.6) is 0 Å². The zero-order valence-electron chi connectivity index (χ0n) is 8.51. The van der Waals surface area contributed by atoms with Crippen LogP contribution in [-0.4, -0.2) is 0 Å². The smallest absolute Gasteiger partial charge is 0.0194 e. The summed E-state index contributed by atoms with van der Waals surface area (Å²) in [6.45, 7) is 6.92. The summed E-state index contributed by atoms with van der Waals surface area (Å²) in [7, 11) is 0. The Balaban J connectivity index is 2.39. The molecule has 1 unspecified atom stereocenters. The van der Waals surface area contributed by atoms with Crippen molar-refractivity contribution in [3.63, 3.8) is 0 Å². The molecule has 1 aliphatic carbocycles. The Morgan fingerprint density at radius 1 is 1.50 bits per heavy atom. The van der Waals surface area contributed by atoms with Crippen molar-refractivity contribution >= 4 is 0 Å². The lowest BCUT2D eigenvalue weighted by atomic mass is 9.88. The molecule has 68 valence electrons. The molecule has 0 heteroatoms. The highest BCUT2D eigenvalue weighted by Gasteiger charge is 2.09. The van der Waals surface area contributed by atoms with E-state index in [1.165, 1.54) is 19.3 Å². The predicted octanol–water partition coefficient (Wildman–Crippen LogP) is 3.95. The van der Waals surface area contributed by atoms with E-state index >= 15 is 0 Å². The normalized spacial score (nSPS) is 23.0. The van der Waals surface area contributed by atoms with Gasteiger partial charge in [0.15, 0.2) is 0 Å². The summed E-state index contributed by atoms with van der Waals surface area (Å²) in [5.74, 6) is 1.62. The molecule has 0 saturated heterocycles. The van der Waals surface area contributed by atoms with Crippen LogP contribution in [-0.2, 0) is 0 Å². The molecule has 0 radical (unpaired) electrons. The van der Waals surface area contributed by atoms with Gasteiger partial charge < -0.3 is 0 Å². The lowest BCUT2D eigenvalue weighted by Gasteiger charge is -2.17. The standard InChI is InChI=1S/C12H20/c1-10(2)8-9-12-7-5-4-6-11(12)3/h4-5,7,10-11H,6,8-9H2,1-3H3. The fourth-order valence-electron chi connectivity index (χ4n) is 1.58. The Kier molecular flexibility index (Phi) is 3.58. The van der Waals surface area contributed by atoms with E-state index in [0.29, 0.717) is 0 Å². The number of hydrogen-bond acceptors (Lipinski definition) is 0. The van der Waals surface area contributed by atoms with Crippen LogP contribution in [0, 0.1) is 11.8 Å². The highest BCUT2D eigenvalue weighted by molar-refractivity contribution is 5.20. The summed E-state index contributed by atoms with van der Waals surface area (Å²) in [5, 5.41) is 0. The third-order valence-corrected chi connectivity index (χ3v) is 2.58. The molecule has 0 amide bonds. The first kappa shape index (κ1) is 9.57. The van der Waals surface area contributed by atoms with Gasteiger partial charge in [-0.1, -0.05) is 44.6 Å². The molecule has 0 saturated carbocycles. The number of rotatable bonds is 3. The van der Waals surface area contributed by atoms with Gasteiger partial charge in [-0.2, -0.15) is 0 Å². The van der Waals surface area contributed by atoms with Crippen LogP contribution in [0.3, 0.4) is 0 Å². The summed E-state index contributed by atoms with van der Waals surface area (Å²) >= 11 is 0. The molecule has 0 fully saturated rings. The minimum atomic E-state index is 0.786. The van der Waals surface area contributed by atoms with Crippen LogP contribution in [0.1, 0.15) is 40.0 Å². The maximum absolute atomic E-state index is 2.33. The summed E-state index contributed by atoms with van der Waals surface area (Å²) in [5.41, 5.74) is 1.64. The molecule has 0 aromatic heterocycles. The van der Waals surface area contributed by atoms with Crippen LogP contribution < -0.4 is 0 Å². The van der Waals surface area contributed by atoms with Crippen LogP contribution in [0.25, 0.3) is 0 Å². The van der Waals surface area contributed by atoms with E-state index in [0.717, 1.165) is 11.8 Å². The van der Waals surface area contributed by atoms with E-state index in [2.05, 4.69) is 39.0 Å². The molecule has 0 aromatic carbocycles. The highest BCUT2D eigenvalue weighted by Crippen LogP contribution is 2.25. The average molecular weight is 164 g/mol. The Morgan fingerprint density at radius 2 is 2.25 bits per heavy atom. The molecule has 0 nitrogen and oxygen atoms in total. The van der Waals surface area contributed by atoms with Gasteiger partial charge in [0.1, 0.15) is 0 Å². The largest absolute Gasteiger partial charge is 0.0840 e. The lowest BCUT2D eigenvalue weighted by Crippen LogP contribution is -2.02. The molecule has 1 atom stereocenters. The van der Waals surface area contributed by atoms with Gasteiger partial charge in [-0.3, -0.25) is 0 Å². The molecule has 0 bridgehead atoms. The van der Waals surface area contributed by atoms with Crippen molar-refractivity contribution in [1.29, 1.82) is 0 Å². The Hall–Kier alpha value is -0.520. The van der Waals surface area contributed by atoms with Crippen molar-refractivity contribution in [2.75, 3.05) is 0 Å². The molecular weight excluding hydrogens is 144 g/mol. The van der Waals surface area contributed by atoms with Crippen LogP contribution >= 0.6 is 0 Å². The second-order valence-corrected chi connectivity index (χ2v) is 4.24. The number of hydrogen-bond donors (Lipinski definition) is 0. The van der Waals surface area contributed by atoms with Crippen molar-refractivity contribution in [2.45, 2.75) is 40.0 Å². The fraction of sp³-hybridized carbons (Fsp3) is 0.667. The van der Waals surface area contributed by atoms with Crippen molar-refractivity contribution in [3.05, 3.63) is 23.8 Å². The Morgan fingerprint density at radius 3 is 2.83 bits per heavy atom. The number of allylic oxidation sites excluding steroid dienone is 4.